The highest BCUT2D eigenvalue weighted by Gasteiger charge is 2.13. The lowest BCUT2D eigenvalue weighted by Gasteiger charge is -2.10. The standard InChI is InChI=1S/C18H14Cl3NO4/c19-11-3-5-13(6-4-11)25-8-2-1-7-22-16-14(17(23)26-18(22)24)9-12(20)10-15(16)21/h3-6,9-10H,1-2,7-8H2. The molecule has 0 saturated heterocycles. The lowest BCUT2D eigenvalue weighted by molar-refractivity contribution is 0.301. The van der Waals surface area contributed by atoms with Gasteiger partial charge in [-0.05, 0) is 49.2 Å². The topological polar surface area (TPSA) is 61.4 Å². The largest absolute Gasteiger partial charge is 0.494 e. The number of nitrogens with zero attached hydrogens (tertiary/aromatic N) is 1. The molecule has 1 heterocycles. The van der Waals surface area contributed by atoms with E-state index in [4.69, 9.17) is 44.0 Å². The van der Waals surface area contributed by atoms with Crippen LogP contribution in [0.5, 0.6) is 5.75 Å². The van der Waals surface area contributed by atoms with Crippen LogP contribution in [0.4, 0.5) is 0 Å². The van der Waals surface area contributed by atoms with Gasteiger partial charge in [-0.15, -0.1) is 0 Å². The monoisotopic (exact) mass is 413 g/mol. The summed E-state index contributed by atoms with van der Waals surface area (Å²) in [6.07, 6.45) is 1.33. The number of rotatable bonds is 6. The maximum absolute atomic E-state index is 12.1. The van der Waals surface area contributed by atoms with Gasteiger partial charge in [-0.1, -0.05) is 34.8 Å². The summed E-state index contributed by atoms with van der Waals surface area (Å²) in [7, 11) is 0. The van der Waals surface area contributed by atoms with Crippen molar-refractivity contribution in [2.75, 3.05) is 6.61 Å². The first-order chi connectivity index (χ1) is 12.5. The summed E-state index contributed by atoms with van der Waals surface area (Å²) in [6.45, 7) is 0.815. The molecule has 0 radical (unpaired) electrons. The molecule has 0 saturated carbocycles. The summed E-state index contributed by atoms with van der Waals surface area (Å²) in [5.41, 5.74) is -0.423. The van der Waals surface area contributed by atoms with E-state index >= 15 is 0 Å². The molecule has 0 spiro atoms. The third-order valence-corrected chi connectivity index (χ3v) is 4.54. The van der Waals surface area contributed by atoms with Crippen LogP contribution in [-0.4, -0.2) is 11.2 Å². The molecule has 0 unspecified atom stereocenters. The zero-order chi connectivity index (χ0) is 18.7. The van der Waals surface area contributed by atoms with Crippen LogP contribution in [0, 0.1) is 0 Å². The molecule has 0 amide bonds. The Morgan fingerprint density at radius 2 is 1.69 bits per heavy atom. The minimum absolute atomic E-state index is 0.180. The van der Waals surface area contributed by atoms with Gasteiger partial charge in [0.1, 0.15) is 5.75 Å². The Kier molecular flexibility index (Phi) is 5.91. The van der Waals surface area contributed by atoms with Crippen LogP contribution in [-0.2, 0) is 6.54 Å². The van der Waals surface area contributed by atoms with Crippen molar-refractivity contribution in [3.05, 3.63) is 72.4 Å². The van der Waals surface area contributed by atoms with Crippen LogP contribution < -0.4 is 16.1 Å². The SMILES string of the molecule is O=c1oc(=O)n(CCCCOc2ccc(Cl)cc2)c2c(Cl)cc(Cl)cc12. The predicted molar refractivity (Wildman–Crippen MR) is 103 cm³/mol. The second-order valence-corrected chi connectivity index (χ2v) is 6.88. The van der Waals surface area contributed by atoms with Gasteiger partial charge in [-0.2, -0.15) is 0 Å². The van der Waals surface area contributed by atoms with Gasteiger partial charge in [0.25, 0.3) is 0 Å². The second kappa shape index (κ2) is 8.16. The minimum Gasteiger partial charge on any atom is -0.494 e. The zero-order valence-electron chi connectivity index (χ0n) is 13.5. The summed E-state index contributed by atoms with van der Waals surface area (Å²) in [6, 6.07) is 10.0. The van der Waals surface area contributed by atoms with Gasteiger partial charge in [-0.25, -0.2) is 9.59 Å². The summed E-state index contributed by atoms with van der Waals surface area (Å²) in [5, 5.41) is 1.36. The Balaban J connectivity index is 1.70. The number of unbranched alkanes of at least 4 members (excludes halogenated alkanes) is 1. The average Bonchev–Trinajstić information content (AvgIpc) is 2.59. The van der Waals surface area contributed by atoms with Crippen molar-refractivity contribution in [2.45, 2.75) is 19.4 Å². The number of hydrogen-bond donors (Lipinski definition) is 0. The molecule has 2 aromatic carbocycles. The van der Waals surface area contributed by atoms with Gasteiger partial charge >= 0.3 is 11.4 Å². The van der Waals surface area contributed by atoms with Crippen LogP contribution in [0.3, 0.4) is 0 Å². The fourth-order valence-electron chi connectivity index (χ4n) is 2.57. The first kappa shape index (κ1) is 18.8. The fraction of sp³-hybridized carbons (Fsp3) is 0.222. The molecule has 0 atom stereocenters. The molecule has 5 nitrogen and oxygen atoms in total. The van der Waals surface area contributed by atoms with Gasteiger partial charge < -0.3 is 9.15 Å². The molecule has 0 aliphatic carbocycles. The number of ether oxygens (including phenoxy) is 1. The van der Waals surface area contributed by atoms with E-state index in [2.05, 4.69) is 0 Å². The van der Waals surface area contributed by atoms with E-state index < -0.39 is 11.4 Å². The molecule has 0 N–H and O–H groups in total. The highest BCUT2D eigenvalue weighted by molar-refractivity contribution is 6.38. The predicted octanol–water partition coefficient (Wildman–Crippen LogP) is 4.77. The summed E-state index contributed by atoms with van der Waals surface area (Å²) in [4.78, 5) is 24.0. The highest BCUT2D eigenvalue weighted by Crippen LogP contribution is 2.25. The highest BCUT2D eigenvalue weighted by atomic mass is 35.5. The molecule has 0 fully saturated rings. The maximum atomic E-state index is 12.1. The first-order valence-electron chi connectivity index (χ1n) is 7.87. The van der Waals surface area contributed by atoms with E-state index in [1.165, 1.54) is 16.7 Å². The number of fused-ring (bicyclic) bond motifs is 1. The number of halogens is 3. The van der Waals surface area contributed by atoms with Gasteiger partial charge in [0, 0.05) is 16.6 Å². The molecule has 0 aliphatic heterocycles. The molecule has 0 aliphatic rings. The van der Waals surface area contributed by atoms with Gasteiger partial charge in [0.2, 0.25) is 0 Å². The Bertz CT molecular complexity index is 1040. The van der Waals surface area contributed by atoms with E-state index in [0.29, 0.717) is 41.6 Å². The summed E-state index contributed by atoms with van der Waals surface area (Å²) < 4.78 is 11.7. The Hall–Kier alpha value is -1.95. The summed E-state index contributed by atoms with van der Waals surface area (Å²) in [5.74, 6) is -0.0225. The van der Waals surface area contributed by atoms with E-state index in [1.54, 1.807) is 24.3 Å². The van der Waals surface area contributed by atoms with E-state index in [0.717, 1.165) is 5.75 Å². The van der Waals surface area contributed by atoms with Crippen molar-refractivity contribution in [3.63, 3.8) is 0 Å². The van der Waals surface area contributed by atoms with Crippen molar-refractivity contribution in [3.8, 4) is 5.75 Å². The fourth-order valence-corrected chi connectivity index (χ4v) is 3.29. The average molecular weight is 415 g/mol. The van der Waals surface area contributed by atoms with Crippen LogP contribution in [0.15, 0.2) is 50.4 Å². The van der Waals surface area contributed by atoms with Gasteiger partial charge in [0.05, 0.1) is 22.5 Å². The molecular weight excluding hydrogens is 401 g/mol. The van der Waals surface area contributed by atoms with Crippen molar-refractivity contribution >= 4 is 45.7 Å². The Labute approximate surface area is 163 Å². The Morgan fingerprint density at radius 3 is 2.42 bits per heavy atom. The molecule has 0 bridgehead atoms. The first-order valence-corrected chi connectivity index (χ1v) is 9.00. The molecule has 3 rings (SSSR count). The number of aryl methyl sites for hydroxylation is 1. The van der Waals surface area contributed by atoms with Gasteiger partial charge in [0.15, 0.2) is 0 Å². The van der Waals surface area contributed by atoms with E-state index in [9.17, 15) is 9.59 Å². The van der Waals surface area contributed by atoms with Gasteiger partial charge in [-0.3, -0.25) is 4.57 Å². The van der Waals surface area contributed by atoms with Crippen molar-refractivity contribution in [1.29, 1.82) is 0 Å². The van der Waals surface area contributed by atoms with Crippen LogP contribution >= 0.6 is 34.8 Å². The smallest absolute Gasteiger partial charge is 0.422 e. The molecule has 8 heteroatoms. The third kappa shape index (κ3) is 4.23. The number of aromatic nitrogens is 1. The van der Waals surface area contributed by atoms with Crippen LogP contribution in [0.2, 0.25) is 15.1 Å². The van der Waals surface area contributed by atoms with Crippen molar-refractivity contribution in [2.24, 2.45) is 0 Å². The third-order valence-electron chi connectivity index (χ3n) is 3.78. The minimum atomic E-state index is -0.753. The number of benzene rings is 2. The van der Waals surface area contributed by atoms with E-state index in [-0.39, 0.29) is 10.4 Å². The second-order valence-electron chi connectivity index (χ2n) is 5.60. The van der Waals surface area contributed by atoms with Crippen molar-refractivity contribution in [1.82, 2.24) is 4.57 Å². The normalized spacial score (nSPS) is 11.0. The molecule has 26 heavy (non-hydrogen) atoms. The molecular formula is C18H14Cl3NO4. The Morgan fingerprint density at radius 1 is 0.962 bits per heavy atom. The van der Waals surface area contributed by atoms with E-state index in [1.807, 2.05) is 0 Å². The zero-order valence-corrected chi connectivity index (χ0v) is 15.8. The molecule has 1 aromatic heterocycles. The van der Waals surface area contributed by atoms with Crippen LogP contribution in [0.1, 0.15) is 12.8 Å². The van der Waals surface area contributed by atoms with Crippen LogP contribution in [0.25, 0.3) is 10.9 Å². The lowest BCUT2D eigenvalue weighted by Crippen LogP contribution is -2.25. The molecule has 136 valence electrons. The summed E-state index contributed by atoms with van der Waals surface area (Å²) >= 11 is 17.9. The van der Waals surface area contributed by atoms with Crippen molar-refractivity contribution < 1.29 is 9.15 Å². The maximum Gasteiger partial charge on any atom is 0.422 e. The molecule has 3 aromatic rings. The number of hydrogen-bond acceptors (Lipinski definition) is 4. The quantitative estimate of drug-likeness (QED) is 0.545. The lowest BCUT2D eigenvalue weighted by atomic mass is 10.2.